The first-order chi connectivity index (χ1) is 7.07. The first-order valence-corrected chi connectivity index (χ1v) is 4.99. The van der Waals surface area contributed by atoms with E-state index in [2.05, 4.69) is 5.16 Å². The van der Waals surface area contributed by atoms with Gasteiger partial charge in [-0.05, 0) is 19.8 Å². The highest BCUT2D eigenvalue weighted by Gasteiger charge is 2.06. The highest BCUT2D eigenvalue weighted by molar-refractivity contribution is 6.35. The van der Waals surface area contributed by atoms with Crippen LogP contribution in [0.5, 0.6) is 0 Å². The smallest absolute Gasteiger partial charge is 0.355 e. The van der Waals surface area contributed by atoms with E-state index < -0.39 is 5.97 Å². The molecule has 0 aliphatic rings. The van der Waals surface area contributed by atoms with Gasteiger partial charge in [0.25, 0.3) is 0 Å². The summed E-state index contributed by atoms with van der Waals surface area (Å²) in [5.41, 5.74) is 0.185. The fourth-order valence-electron chi connectivity index (χ4n) is 0.717. The van der Waals surface area contributed by atoms with E-state index in [1.165, 1.54) is 6.92 Å². The average molecular weight is 217 g/mol. The van der Waals surface area contributed by atoms with Gasteiger partial charge in [-0.3, -0.25) is 0 Å². The van der Waals surface area contributed by atoms with Gasteiger partial charge < -0.3 is 14.3 Å². The van der Waals surface area contributed by atoms with Crippen molar-refractivity contribution in [2.75, 3.05) is 20.0 Å². The summed E-state index contributed by atoms with van der Waals surface area (Å²) >= 11 is 0. The Kier molecular flexibility index (Phi) is 7.62. The van der Waals surface area contributed by atoms with Crippen LogP contribution in [0.15, 0.2) is 5.16 Å². The molecule has 0 radical (unpaired) electrons. The average Bonchev–Trinajstić information content (AvgIpc) is 2.16. The van der Waals surface area contributed by atoms with E-state index in [1.54, 1.807) is 6.92 Å². The Hall–Kier alpha value is -1.10. The molecule has 5 nitrogen and oxygen atoms in total. The molecule has 15 heavy (non-hydrogen) atoms. The standard InChI is InChI=1S/C10H19NO4/c1-5-14-10(12)9(4)11-15-7-13-6-8(2)3/h8H,5-7H2,1-4H3/b11-9-. The van der Waals surface area contributed by atoms with Crippen molar-refractivity contribution in [1.29, 1.82) is 0 Å². The van der Waals surface area contributed by atoms with Gasteiger partial charge in [0.2, 0.25) is 6.79 Å². The molecule has 88 valence electrons. The lowest BCUT2D eigenvalue weighted by Gasteiger charge is -2.05. The van der Waals surface area contributed by atoms with Crippen LogP contribution in [0.4, 0.5) is 0 Å². The van der Waals surface area contributed by atoms with E-state index in [9.17, 15) is 4.79 Å². The molecule has 0 bridgehead atoms. The second-order valence-corrected chi connectivity index (χ2v) is 3.41. The molecule has 0 fully saturated rings. The number of ether oxygens (including phenoxy) is 2. The predicted molar refractivity (Wildman–Crippen MR) is 56.5 cm³/mol. The molecule has 0 saturated heterocycles. The summed E-state index contributed by atoms with van der Waals surface area (Å²) in [7, 11) is 0. The van der Waals surface area contributed by atoms with Crippen molar-refractivity contribution in [2.24, 2.45) is 11.1 Å². The van der Waals surface area contributed by atoms with Crippen LogP contribution < -0.4 is 0 Å². The summed E-state index contributed by atoms with van der Waals surface area (Å²) in [6.45, 7) is 8.32. The SMILES string of the molecule is CCOC(=O)/C(C)=N\OCOCC(C)C. The van der Waals surface area contributed by atoms with Crippen LogP contribution in [-0.4, -0.2) is 31.7 Å². The minimum atomic E-state index is -0.471. The number of rotatable bonds is 7. The Morgan fingerprint density at radius 1 is 1.40 bits per heavy atom. The molecule has 0 unspecified atom stereocenters. The normalized spacial score (nSPS) is 11.7. The van der Waals surface area contributed by atoms with Crippen LogP contribution in [0, 0.1) is 5.92 Å². The molecule has 0 aliphatic carbocycles. The molecule has 0 saturated carbocycles. The van der Waals surface area contributed by atoms with Crippen LogP contribution >= 0.6 is 0 Å². The number of esters is 1. The Bertz CT molecular complexity index is 213. The van der Waals surface area contributed by atoms with Crippen LogP contribution in [-0.2, 0) is 19.1 Å². The zero-order valence-corrected chi connectivity index (χ0v) is 9.78. The lowest BCUT2D eigenvalue weighted by Crippen LogP contribution is -2.15. The van der Waals surface area contributed by atoms with Crippen LogP contribution in [0.1, 0.15) is 27.7 Å². The summed E-state index contributed by atoms with van der Waals surface area (Å²) in [5, 5.41) is 3.56. The van der Waals surface area contributed by atoms with Gasteiger partial charge in [-0.25, -0.2) is 4.79 Å². The summed E-state index contributed by atoms with van der Waals surface area (Å²) in [6.07, 6.45) is 0. The van der Waals surface area contributed by atoms with Gasteiger partial charge in [0.05, 0.1) is 13.2 Å². The maximum atomic E-state index is 11.0. The van der Waals surface area contributed by atoms with Gasteiger partial charge in [-0.2, -0.15) is 0 Å². The second-order valence-electron chi connectivity index (χ2n) is 3.41. The fourth-order valence-corrected chi connectivity index (χ4v) is 0.717. The van der Waals surface area contributed by atoms with Crippen molar-refractivity contribution in [2.45, 2.75) is 27.7 Å². The van der Waals surface area contributed by atoms with E-state index in [1.807, 2.05) is 13.8 Å². The van der Waals surface area contributed by atoms with Gasteiger partial charge in [-0.1, -0.05) is 19.0 Å². The van der Waals surface area contributed by atoms with Gasteiger partial charge in [0, 0.05) is 0 Å². The molecule has 0 aromatic heterocycles. The molecule has 0 spiro atoms. The second kappa shape index (κ2) is 8.23. The summed E-state index contributed by atoms with van der Waals surface area (Å²) in [5.74, 6) is -0.0231. The van der Waals surface area contributed by atoms with E-state index in [-0.39, 0.29) is 12.5 Å². The third-order valence-electron chi connectivity index (χ3n) is 1.36. The maximum absolute atomic E-state index is 11.0. The van der Waals surface area contributed by atoms with Crippen molar-refractivity contribution in [3.63, 3.8) is 0 Å². The topological polar surface area (TPSA) is 57.1 Å². The lowest BCUT2D eigenvalue weighted by atomic mass is 10.2. The number of hydrogen-bond donors (Lipinski definition) is 0. The molecular weight excluding hydrogens is 198 g/mol. The Morgan fingerprint density at radius 3 is 2.60 bits per heavy atom. The fraction of sp³-hybridized carbons (Fsp3) is 0.800. The zero-order valence-electron chi connectivity index (χ0n) is 9.78. The summed E-state index contributed by atoms with van der Waals surface area (Å²) < 4.78 is 9.81. The van der Waals surface area contributed by atoms with E-state index in [0.717, 1.165) is 0 Å². The van der Waals surface area contributed by atoms with Crippen molar-refractivity contribution >= 4 is 11.7 Å². The van der Waals surface area contributed by atoms with Crippen molar-refractivity contribution < 1.29 is 19.1 Å². The Balaban J connectivity index is 3.62. The number of oxime groups is 1. The molecule has 0 heterocycles. The van der Waals surface area contributed by atoms with Crippen molar-refractivity contribution in [1.82, 2.24) is 0 Å². The number of carbonyl (C=O) groups excluding carboxylic acids is 1. The maximum Gasteiger partial charge on any atom is 0.355 e. The van der Waals surface area contributed by atoms with E-state index in [4.69, 9.17) is 14.3 Å². The molecule has 5 heteroatoms. The molecule has 0 N–H and O–H groups in total. The number of nitrogens with zero attached hydrogens (tertiary/aromatic N) is 1. The Labute approximate surface area is 90.4 Å². The van der Waals surface area contributed by atoms with Gasteiger partial charge in [-0.15, -0.1) is 0 Å². The molecule has 0 atom stereocenters. The first kappa shape index (κ1) is 13.9. The third kappa shape index (κ3) is 7.93. The number of hydrogen-bond acceptors (Lipinski definition) is 5. The quantitative estimate of drug-likeness (QED) is 0.213. The van der Waals surface area contributed by atoms with Crippen LogP contribution in [0.3, 0.4) is 0 Å². The van der Waals surface area contributed by atoms with Crippen LogP contribution in [0.25, 0.3) is 0 Å². The molecule has 0 aromatic carbocycles. The van der Waals surface area contributed by atoms with Crippen molar-refractivity contribution in [3.05, 3.63) is 0 Å². The molecule has 0 aliphatic heterocycles. The van der Waals surface area contributed by atoms with Gasteiger partial charge in [0.15, 0.2) is 5.71 Å². The first-order valence-electron chi connectivity index (χ1n) is 4.99. The zero-order chi connectivity index (χ0) is 11.7. The summed E-state index contributed by atoms with van der Waals surface area (Å²) in [6, 6.07) is 0. The van der Waals surface area contributed by atoms with Crippen LogP contribution in [0.2, 0.25) is 0 Å². The lowest BCUT2D eigenvalue weighted by molar-refractivity contribution is -0.135. The number of carbonyl (C=O) groups is 1. The van der Waals surface area contributed by atoms with Gasteiger partial charge >= 0.3 is 5.97 Å². The highest BCUT2D eigenvalue weighted by Crippen LogP contribution is 1.93. The monoisotopic (exact) mass is 217 g/mol. The predicted octanol–water partition coefficient (Wildman–Crippen LogP) is 1.57. The third-order valence-corrected chi connectivity index (χ3v) is 1.36. The molecule has 0 rings (SSSR count). The Morgan fingerprint density at radius 2 is 2.07 bits per heavy atom. The van der Waals surface area contributed by atoms with E-state index >= 15 is 0 Å². The van der Waals surface area contributed by atoms with Crippen molar-refractivity contribution in [3.8, 4) is 0 Å². The highest BCUT2D eigenvalue weighted by atomic mass is 16.7. The minimum absolute atomic E-state index is 0.0505. The summed E-state index contributed by atoms with van der Waals surface area (Å²) in [4.78, 5) is 15.8. The van der Waals surface area contributed by atoms with Gasteiger partial charge in [0.1, 0.15) is 0 Å². The molecule has 0 amide bonds. The molecule has 0 aromatic rings. The molecular formula is C10H19NO4. The largest absolute Gasteiger partial charge is 0.461 e. The minimum Gasteiger partial charge on any atom is -0.461 e. The van der Waals surface area contributed by atoms with E-state index in [0.29, 0.717) is 19.1 Å².